The average molecular weight is 514 g/mol. The van der Waals surface area contributed by atoms with Crippen molar-refractivity contribution in [1.82, 2.24) is 0 Å². The molecule has 0 bridgehead atoms. The van der Waals surface area contributed by atoms with Crippen LogP contribution in [0.1, 0.15) is 26.3 Å². The fourth-order valence-electron chi connectivity index (χ4n) is 3.35. The van der Waals surface area contributed by atoms with Gasteiger partial charge in [-0.1, -0.05) is 0 Å². The lowest BCUT2D eigenvalue weighted by Gasteiger charge is -2.42. The molecule has 0 N–H and O–H groups in total. The number of nitrogens with zero attached hydrogens (tertiary/aromatic N) is 2. The number of nitro groups is 2. The highest BCUT2D eigenvalue weighted by atomic mass is 16.7. The molecule has 0 spiro atoms. The van der Waals surface area contributed by atoms with E-state index in [9.17, 15) is 39.4 Å². The van der Waals surface area contributed by atoms with Gasteiger partial charge < -0.3 is 28.4 Å². The van der Waals surface area contributed by atoms with Gasteiger partial charge >= 0.3 is 29.6 Å². The number of rotatable bonds is 9. The molecule has 0 unspecified atom stereocenters. The van der Waals surface area contributed by atoms with E-state index in [4.69, 9.17) is 23.7 Å². The predicted octanol–water partition coefficient (Wildman–Crippen LogP) is 0.443. The van der Waals surface area contributed by atoms with Gasteiger partial charge in [-0.2, -0.15) is 0 Å². The maximum atomic E-state index is 12.4. The third-order valence-electron chi connectivity index (χ3n) is 4.61. The second-order valence-electron chi connectivity index (χ2n) is 7.34. The van der Waals surface area contributed by atoms with Crippen LogP contribution in [-0.2, 0) is 49.4 Å². The van der Waals surface area contributed by atoms with Gasteiger partial charge in [0.25, 0.3) is 0 Å². The summed E-state index contributed by atoms with van der Waals surface area (Å²) in [6, 6.07) is 3.11. The predicted molar refractivity (Wildman–Crippen MR) is 112 cm³/mol. The second kappa shape index (κ2) is 11.9. The van der Waals surface area contributed by atoms with Gasteiger partial charge in [0, 0.05) is 37.3 Å². The maximum absolute atomic E-state index is 12.4. The van der Waals surface area contributed by atoms with Gasteiger partial charge in [-0.25, -0.2) is 4.79 Å². The number of nitro benzene ring substituents is 1. The van der Waals surface area contributed by atoms with E-state index in [2.05, 4.69) is 4.74 Å². The lowest BCUT2D eigenvalue weighted by molar-refractivity contribution is -0.496. The Hall–Kier alpha value is -4.34. The molecule has 1 heterocycles. The molecule has 0 radical (unpaired) electrons. The van der Waals surface area contributed by atoms with Crippen molar-refractivity contribution in [3.8, 4) is 5.75 Å². The largest absolute Gasteiger partial charge is 0.467 e. The van der Waals surface area contributed by atoms with Crippen LogP contribution >= 0.6 is 0 Å². The molecule has 16 nitrogen and oxygen atoms in total. The molecule has 1 aromatic rings. The molecular formula is C20H22N2O14. The van der Waals surface area contributed by atoms with Crippen molar-refractivity contribution in [2.45, 2.75) is 58.0 Å². The topological polar surface area (TPSA) is 210 Å². The van der Waals surface area contributed by atoms with Gasteiger partial charge in [0.05, 0.1) is 12.0 Å². The molecule has 1 aliphatic rings. The maximum Gasteiger partial charge on any atom is 0.339 e. The molecule has 0 saturated carbocycles. The first-order valence-electron chi connectivity index (χ1n) is 10.1. The van der Waals surface area contributed by atoms with Crippen molar-refractivity contribution >= 4 is 29.6 Å². The van der Waals surface area contributed by atoms with Crippen LogP contribution in [0.5, 0.6) is 5.75 Å². The fourth-order valence-corrected chi connectivity index (χ4v) is 3.35. The lowest BCUT2D eigenvalue weighted by atomic mass is 9.97. The number of benzene rings is 1. The van der Waals surface area contributed by atoms with E-state index < -0.39 is 82.4 Å². The summed E-state index contributed by atoms with van der Waals surface area (Å²) in [6.45, 7) is 2.27. The SMILES string of the molecule is COC(=O)[C@H]1O[C@@H](Oc2ccc(C[N+](=O)[O-])cc2[N+](=O)[O-])[C@H](OC(C)=O)[C@@H](OC(C)=O)[C@@H]1OC(C)=O. The van der Waals surface area contributed by atoms with E-state index in [0.29, 0.717) is 0 Å². The van der Waals surface area contributed by atoms with Crippen molar-refractivity contribution in [1.29, 1.82) is 0 Å². The standard InChI is InChI=1S/C20H22N2O14/c1-9(23)32-15-16(33-10(2)24)18(34-11(3)25)20(36-17(15)19(26)31-4)35-14-6-5-12(8-21(27)28)7-13(14)22(29)30/h5-7,15-18,20H,8H2,1-4H3/t15-,16-,17-,18+,20+/m0/s1. The summed E-state index contributed by atoms with van der Waals surface area (Å²) < 4.78 is 31.2. The molecule has 196 valence electrons. The van der Waals surface area contributed by atoms with Crippen LogP contribution < -0.4 is 4.74 Å². The Morgan fingerprint density at radius 2 is 1.47 bits per heavy atom. The molecular weight excluding hydrogens is 492 g/mol. The molecule has 5 atom stereocenters. The number of carbonyl (C=O) groups excluding carboxylic acids is 4. The average Bonchev–Trinajstić information content (AvgIpc) is 2.76. The number of carbonyl (C=O) groups is 4. The minimum Gasteiger partial charge on any atom is -0.467 e. The summed E-state index contributed by atoms with van der Waals surface area (Å²) >= 11 is 0. The molecule has 2 rings (SSSR count). The van der Waals surface area contributed by atoms with Crippen molar-refractivity contribution in [3.05, 3.63) is 44.0 Å². The summed E-state index contributed by atoms with van der Waals surface area (Å²) in [5, 5.41) is 22.4. The second-order valence-corrected chi connectivity index (χ2v) is 7.34. The van der Waals surface area contributed by atoms with Crippen LogP contribution in [0, 0.1) is 20.2 Å². The number of esters is 4. The zero-order valence-electron chi connectivity index (χ0n) is 19.4. The van der Waals surface area contributed by atoms with E-state index in [0.717, 1.165) is 40.0 Å². The van der Waals surface area contributed by atoms with Crippen molar-refractivity contribution < 1.29 is 57.4 Å². The summed E-state index contributed by atoms with van der Waals surface area (Å²) in [7, 11) is 0.990. The van der Waals surface area contributed by atoms with Gasteiger partial charge in [-0.15, -0.1) is 0 Å². The van der Waals surface area contributed by atoms with Gasteiger partial charge in [-0.05, 0) is 12.1 Å². The minimum absolute atomic E-state index is 0.0136. The summed E-state index contributed by atoms with van der Waals surface area (Å²) in [5.41, 5.74) is -0.722. The Kier molecular flexibility index (Phi) is 9.20. The molecule has 16 heteroatoms. The third-order valence-corrected chi connectivity index (χ3v) is 4.61. The Bertz CT molecular complexity index is 1060. The molecule has 36 heavy (non-hydrogen) atoms. The van der Waals surface area contributed by atoms with Gasteiger partial charge in [0.1, 0.15) is 0 Å². The van der Waals surface area contributed by atoms with Crippen molar-refractivity contribution in [3.63, 3.8) is 0 Å². The Balaban J connectivity index is 2.58. The molecule has 0 amide bonds. The Morgan fingerprint density at radius 1 is 0.917 bits per heavy atom. The zero-order valence-corrected chi connectivity index (χ0v) is 19.4. The van der Waals surface area contributed by atoms with E-state index in [-0.39, 0.29) is 5.56 Å². The number of hydrogen-bond donors (Lipinski definition) is 0. The number of ether oxygens (including phenoxy) is 6. The highest BCUT2D eigenvalue weighted by Gasteiger charge is 2.56. The van der Waals surface area contributed by atoms with E-state index in [1.54, 1.807) is 0 Å². The lowest BCUT2D eigenvalue weighted by Crippen LogP contribution is -2.64. The van der Waals surface area contributed by atoms with Crippen LogP contribution in [0.3, 0.4) is 0 Å². The summed E-state index contributed by atoms with van der Waals surface area (Å²) in [6.07, 6.45) is -8.59. The monoisotopic (exact) mass is 514 g/mol. The first-order valence-corrected chi connectivity index (χ1v) is 10.1. The van der Waals surface area contributed by atoms with Gasteiger partial charge in [0.15, 0.2) is 24.1 Å². The van der Waals surface area contributed by atoms with Crippen LogP contribution in [0.2, 0.25) is 0 Å². The van der Waals surface area contributed by atoms with E-state index >= 15 is 0 Å². The van der Waals surface area contributed by atoms with Crippen molar-refractivity contribution in [2.75, 3.05) is 7.11 Å². The molecule has 1 aromatic carbocycles. The van der Waals surface area contributed by atoms with Gasteiger partial charge in [0.2, 0.25) is 18.9 Å². The van der Waals surface area contributed by atoms with Crippen LogP contribution in [-0.4, -0.2) is 71.5 Å². The van der Waals surface area contributed by atoms with E-state index in [1.807, 2.05) is 0 Å². The molecule has 0 aliphatic carbocycles. The van der Waals surface area contributed by atoms with Crippen LogP contribution in [0.15, 0.2) is 18.2 Å². The highest BCUT2D eigenvalue weighted by molar-refractivity contribution is 5.77. The quantitative estimate of drug-likeness (QED) is 0.189. The Labute approximate surface area is 202 Å². The number of methoxy groups -OCH3 is 1. The molecule has 1 fully saturated rings. The molecule has 1 saturated heterocycles. The van der Waals surface area contributed by atoms with Crippen LogP contribution in [0.4, 0.5) is 5.69 Å². The van der Waals surface area contributed by atoms with Crippen LogP contribution in [0.25, 0.3) is 0 Å². The molecule has 0 aromatic heterocycles. The summed E-state index contributed by atoms with van der Waals surface area (Å²) in [4.78, 5) is 68.5. The van der Waals surface area contributed by atoms with Gasteiger partial charge in [-0.3, -0.25) is 34.6 Å². The van der Waals surface area contributed by atoms with Crippen molar-refractivity contribution in [2.24, 2.45) is 0 Å². The zero-order chi connectivity index (χ0) is 27.2. The normalized spacial score (nSPS) is 23.1. The fraction of sp³-hybridized carbons (Fsp3) is 0.500. The third kappa shape index (κ3) is 7.08. The number of hydrogen-bond acceptors (Lipinski definition) is 14. The molecule has 1 aliphatic heterocycles. The first kappa shape index (κ1) is 27.9. The first-order chi connectivity index (χ1) is 16.8. The Morgan fingerprint density at radius 3 is 1.97 bits per heavy atom. The minimum atomic E-state index is -1.82. The highest BCUT2D eigenvalue weighted by Crippen LogP contribution is 2.35. The van der Waals surface area contributed by atoms with E-state index in [1.165, 1.54) is 6.07 Å². The smallest absolute Gasteiger partial charge is 0.339 e. The summed E-state index contributed by atoms with van der Waals surface area (Å²) in [5.74, 6) is -4.33.